The Labute approximate surface area is 122 Å². The number of carbonyl (C=O) groups excluding carboxylic acids is 1. The van der Waals surface area contributed by atoms with E-state index < -0.39 is 9.84 Å². The first kappa shape index (κ1) is 16.2. The molecule has 1 N–H and O–H groups in total. The normalized spacial score (nSPS) is 13.3. The number of hydrogen-bond acceptors (Lipinski definition) is 3. The van der Waals surface area contributed by atoms with E-state index in [0.717, 1.165) is 6.26 Å². The highest BCUT2D eigenvalue weighted by Gasteiger charge is 2.13. The predicted molar refractivity (Wildman–Crippen MR) is 79.4 cm³/mol. The molecule has 0 aromatic heterocycles. The highest BCUT2D eigenvalue weighted by molar-refractivity contribution is 9.09. The molecule has 0 aliphatic carbocycles. The number of carbonyl (C=O) groups is 1. The molecule has 1 aromatic rings. The molecular formula is C13H18BrNO3S. The number of sulfone groups is 1. The third-order valence-corrected chi connectivity index (χ3v) is 5.24. The topological polar surface area (TPSA) is 63.2 Å². The molecule has 1 unspecified atom stereocenters. The number of alkyl halides is 1. The van der Waals surface area contributed by atoms with E-state index in [1.54, 1.807) is 0 Å². The summed E-state index contributed by atoms with van der Waals surface area (Å²) < 4.78 is 22.6. The Morgan fingerprint density at radius 3 is 2.21 bits per heavy atom. The fraction of sp³-hybridized carbons (Fsp3) is 0.462. The van der Waals surface area contributed by atoms with Crippen LogP contribution in [0.2, 0.25) is 0 Å². The van der Waals surface area contributed by atoms with Crippen LogP contribution >= 0.6 is 15.9 Å². The van der Waals surface area contributed by atoms with Crippen molar-refractivity contribution in [3.8, 4) is 0 Å². The van der Waals surface area contributed by atoms with Gasteiger partial charge in [-0.15, -0.1) is 0 Å². The molecule has 0 saturated carbocycles. The van der Waals surface area contributed by atoms with Gasteiger partial charge in [0.25, 0.3) is 5.91 Å². The summed E-state index contributed by atoms with van der Waals surface area (Å²) in [4.78, 5) is 12.3. The minimum atomic E-state index is -3.22. The summed E-state index contributed by atoms with van der Waals surface area (Å²) in [7, 11) is -3.22. The smallest absolute Gasteiger partial charge is 0.251 e. The average molecular weight is 348 g/mol. The van der Waals surface area contributed by atoms with Crippen LogP contribution in [0.3, 0.4) is 0 Å². The van der Waals surface area contributed by atoms with Crippen LogP contribution in [0.1, 0.15) is 24.2 Å². The second-order valence-corrected chi connectivity index (χ2v) is 7.96. The quantitative estimate of drug-likeness (QED) is 0.830. The molecule has 0 heterocycles. The van der Waals surface area contributed by atoms with Crippen LogP contribution < -0.4 is 5.32 Å². The lowest BCUT2D eigenvalue weighted by Gasteiger charge is -2.14. The standard InChI is InChI=1S/C13H18BrNO3S/c1-9(2)12(14)8-15-13(16)10-4-6-11(7-5-10)19(3,17)18/h4-7,9,12H,8H2,1-3H3,(H,15,16). The van der Waals surface area contributed by atoms with E-state index in [9.17, 15) is 13.2 Å². The predicted octanol–water partition coefficient (Wildman–Crippen LogP) is 2.24. The fourth-order valence-electron chi connectivity index (χ4n) is 1.38. The summed E-state index contributed by atoms with van der Waals surface area (Å²) in [5, 5.41) is 2.80. The Morgan fingerprint density at radius 1 is 1.26 bits per heavy atom. The number of halogens is 1. The number of nitrogens with one attached hydrogen (secondary N) is 1. The molecule has 0 fully saturated rings. The Morgan fingerprint density at radius 2 is 1.79 bits per heavy atom. The van der Waals surface area contributed by atoms with Crippen LogP contribution in [-0.4, -0.2) is 32.0 Å². The van der Waals surface area contributed by atoms with Crippen molar-refractivity contribution >= 4 is 31.7 Å². The lowest BCUT2D eigenvalue weighted by molar-refractivity contribution is 0.0953. The van der Waals surface area contributed by atoms with E-state index >= 15 is 0 Å². The molecular weight excluding hydrogens is 330 g/mol. The van der Waals surface area contributed by atoms with Gasteiger partial charge in [0.05, 0.1) is 4.90 Å². The van der Waals surface area contributed by atoms with Gasteiger partial charge in [0.15, 0.2) is 9.84 Å². The van der Waals surface area contributed by atoms with Crippen molar-refractivity contribution in [3.63, 3.8) is 0 Å². The van der Waals surface area contributed by atoms with Crippen molar-refractivity contribution < 1.29 is 13.2 Å². The van der Waals surface area contributed by atoms with Gasteiger partial charge in [-0.05, 0) is 30.2 Å². The van der Waals surface area contributed by atoms with Gasteiger partial charge in [-0.2, -0.15) is 0 Å². The summed E-state index contributed by atoms with van der Waals surface area (Å²) >= 11 is 3.49. The van der Waals surface area contributed by atoms with Crippen molar-refractivity contribution in [2.24, 2.45) is 5.92 Å². The second-order valence-electron chi connectivity index (χ2n) is 4.77. The Hall–Kier alpha value is -0.880. The molecule has 0 radical (unpaired) electrons. The van der Waals surface area contributed by atoms with E-state index in [4.69, 9.17) is 0 Å². The van der Waals surface area contributed by atoms with Gasteiger partial charge in [0.1, 0.15) is 0 Å². The van der Waals surface area contributed by atoms with Gasteiger partial charge >= 0.3 is 0 Å². The number of rotatable bonds is 5. The maximum Gasteiger partial charge on any atom is 0.251 e. The van der Waals surface area contributed by atoms with Crippen LogP contribution in [0.4, 0.5) is 0 Å². The highest BCUT2D eigenvalue weighted by atomic mass is 79.9. The van der Waals surface area contributed by atoms with Crippen molar-refractivity contribution in [1.82, 2.24) is 5.32 Å². The monoisotopic (exact) mass is 347 g/mol. The Bertz CT molecular complexity index is 538. The third-order valence-electron chi connectivity index (χ3n) is 2.73. The summed E-state index contributed by atoms with van der Waals surface area (Å²) in [5.74, 6) is 0.220. The highest BCUT2D eigenvalue weighted by Crippen LogP contribution is 2.12. The molecule has 0 bridgehead atoms. The minimum absolute atomic E-state index is 0.204. The summed E-state index contributed by atoms with van der Waals surface area (Å²) in [6, 6.07) is 5.92. The molecule has 1 aromatic carbocycles. The van der Waals surface area contributed by atoms with Crippen molar-refractivity contribution in [2.75, 3.05) is 12.8 Å². The molecule has 1 atom stereocenters. The van der Waals surface area contributed by atoms with Crippen LogP contribution in [0, 0.1) is 5.92 Å². The number of hydrogen-bond donors (Lipinski definition) is 1. The molecule has 6 heteroatoms. The first-order valence-electron chi connectivity index (χ1n) is 5.94. The molecule has 0 saturated heterocycles. The zero-order valence-corrected chi connectivity index (χ0v) is 13.6. The minimum Gasteiger partial charge on any atom is -0.351 e. The molecule has 1 rings (SSSR count). The molecule has 106 valence electrons. The van der Waals surface area contributed by atoms with Crippen LogP contribution in [0.5, 0.6) is 0 Å². The van der Waals surface area contributed by atoms with Crippen LogP contribution in [0.25, 0.3) is 0 Å². The zero-order valence-electron chi connectivity index (χ0n) is 11.2. The van der Waals surface area contributed by atoms with E-state index in [2.05, 4.69) is 35.1 Å². The SMILES string of the molecule is CC(C)C(Br)CNC(=O)c1ccc(S(C)(=O)=O)cc1. The van der Waals surface area contributed by atoms with E-state index in [1.807, 2.05) is 0 Å². The molecule has 0 spiro atoms. The number of amides is 1. The summed E-state index contributed by atoms with van der Waals surface area (Å²) in [6.07, 6.45) is 1.14. The largest absolute Gasteiger partial charge is 0.351 e. The van der Waals surface area contributed by atoms with Gasteiger partial charge in [0.2, 0.25) is 0 Å². The summed E-state index contributed by atoms with van der Waals surface area (Å²) in [6.45, 7) is 4.66. The lowest BCUT2D eigenvalue weighted by Crippen LogP contribution is -2.31. The van der Waals surface area contributed by atoms with Crippen LogP contribution in [0.15, 0.2) is 29.2 Å². The van der Waals surface area contributed by atoms with Gasteiger partial charge in [-0.1, -0.05) is 29.8 Å². The molecule has 1 amide bonds. The van der Waals surface area contributed by atoms with E-state index in [1.165, 1.54) is 24.3 Å². The zero-order chi connectivity index (χ0) is 14.6. The van der Waals surface area contributed by atoms with E-state index in [-0.39, 0.29) is 15.6 Å². The van der Waals surface area contributed by atoms with Crippen molar-refractivity contribution in [3.05, 3.63) is 29.8 Å². The third kappa shape index (κ3) is 4.95. The number of benzene rings is 1. The first-order valence-corrected chi connectivity index (χ1v) is 8.75. The molecule has 19 heavy (non-hydrogen) atoms. The maximum absolute atomic E-state index is 11.9. The molecule has 0 aliphatic heterocycles. The van der Waals surface area contributed by atoms with Gasteiger partial charge < -0.3 is 5.32 Å². The average Bonchev–Trinajstić information content (AvgIpc) is 2.34. The second kappa shape index (κ2) is 6.52. The van der Waals surface area contributed by atoms with Crippen molar-refractivity contribution in [1.29, 1.82) is 0 Å². The lowest BCUT2D eigenvalue weighted by atomic mass is 10.1. The van der Waals surface area contributed by atoms with Gasteiger partial charge in [-0.25, -0.2) is 8.42 Å². The Kier molecular flexibility index (Phi) is 5.55. The van der Waals surface area contributed by atoms with Crippen LogP contribution in [-0.2, 0) is 9.84 Å². The van der Waals surface area contributed by atoms with Gasteiger partial charge in [-0.3, -0.25) is 4.79 Å². The fourth-order valence-corrected chi connectivity index (χ4v) is 2.17. The summed E-state index contributed by atoms with van der Waals surface area (Å²) in [5.41, 5.74) is 0.454. The Balaban J connectivity index is 2.69. The van der Waals surface area contributed by atoms with Gasteiger partial charge in [0, 0.05) is 23.2 Å². The van der Waals surface area contributed by atoms with E-state index in [0.29, 0.717) is 18.0 Å². The first-order chi connectivity index (χ1) is 8.71. The van der Waals surface area contributed by atoms with Crippen molar-refractivity contribution in [2.45, 2.75) is 23.6 Å². The molecule has 0 aliphatic rings. The molecule has 4 nitrogen and oxygen atoms in total. The maximum atomic E-state index is 11.9.